The van der Waals surface area contributed by atoms with Crippen molar-refractivity contribution in [1.82, 2.24) is 5.32 Å². The lowest BCUT2D eigenvalue weighted by Gasteiger charge is -2.09. The third kappa shape index (κ3) is 3.42. The zero-order valence-electron chi connectivity index (χ0n) is 9.74. The fourth-order valence-electron chi connectivity index (χ4n) is 1.94. The van der Waals surface area contributed by atoms with Crippen molar-refractivity contribution in [2.45, 2.75) is 24.6 Å². The molecule has 0 radical (unpaired) electrons. The number of nitrogens with one attached hydrogen (secondary N) is 1. The number of methoxy groups -OCH3 is 1. The van der Waals surface area contributed by atoms with Gasteiger partial charge in [-0.2, -0.15) is 11.8 Å². The van der Waals surface area contributed by atoms with Crippen LogP contribution in [-0.2, 0) is 5.75 Å². The minimum atomic E-state index is 0.739. The van der Waals surface area contributed by atoms with Crippen LogP contribution in [0.25, 0.3) is 0 Å². The number of rotatable bonds is 5. The number of hydrogen-bond acceptors (Lipinski definition) is 3. The van der Waals surface area contributed by atoms with Crippen molar-refractivity contribution in [2.24, 2.45) is 0 Å². The van der Waals surface area contributed by atoms with Gasteiger partial charge in [0.1, 0.15) is 5.75 Å². The van der Waals surface area contributed by atoms with Crippen molar-refractivity contribution >= 4 is 11.8 Å². The molecular formula is C13H19NOS. The zero-order chi connectivity index (χ0) is 11.2. The molecule has 2 rings (SSSR count). The van der Waals surface area contributed by atoms with Crippen LogP contribution < -0.4 is 10.1 Å². The van der Waals surface area contributed by atoms with Crippen LogP contribution in [0.3, 0.4) is 0 Å². The summed E-state index contributed by atoms with van der Waals surface area (Å²) in [4.78, 5) is 0. The minimum Gasteiger partial charge on any atom is -0.497 e. The molecule has 2 nitrogen and oxygen atoms in total. The van der Waals surface area contributed by atoms with Crippen LogP contribution in [0, 0.1) is 0 Å². The van der Waals surface area contributed by atoms with Crippen LogP contribution in [0.15, 0.2) is 24.3 Å². The van der Waals surface area contributed by atoms with Gasteiger partial charge < -0.3 is 10.1 Å². The van der Waals surface area contributed by atoms with Crippen molar-refractivity contribution in [3.8, 4) is 5.75 Å². The average molecular weight is 237 g/mol. The molecule has 0 spiro atoms. The summed E-state index contributed by atoms with van der Waals surface area (Å²) in [6.07, 6.45) is 2.68. The van der Waals surface area contributed by atoms with Gasteiger partial charge in [-0.05, 0) is 37.1 Å². The first kappa shape index (κ1) is 11.8. The Kier molecular flexibility index (Phi) is 4.55. The van der Waals surface area contributed by atoms with Crippen molar-refractivity contribution < 1.29 is 4.74 Å². The van der Waals surface area contributed by atoms with E-state index in [4.69, 9.17) is 4.74 Å². The van der Waals surface area contributed by atoms with E-state index in [1.165, 1.54) is 30.7 Å². The monoisotopic (exact) mass is 237 g/mol. The molecule has 0 amide bonds. The molecule has 1 aromatic rings. The third-order valence-electron chi connectivity index (χ3n) is 2.91. The van der Waals surface area contributed by atoms with Crippen LogP contribution >= 0.6 is 11.8 Å². The molecular weight excluding hydrogens is 218 g/mol. The molecule has 0 bridgehead atoms. The fraction of sp³-hybridized carbons (Fsp3) is 0.538. The summed E-state index contributed by atoms with van der Waals surface area (Å²) in [5.41, 5.74) is 1.38. The Labute approximate surface area is 102 Å². The summed E-state index contributed by atoms with van der Waals surface area (Å²) in [7, 11) is 1.70. The molecule has 88 valence electrons. The highest BCUT2D eigenvalue weighted by Gasteiger charge is 2.13. The maximum Gasteiger partial charge on any atom is 0.118 e. The molecule has 1 aliphatic heterocycles. The number of hydrogen-bond donors (Lipinski definition) is 1. The topological polar surface area (TPSA) is 21.3 Å². The summed E-state index contributed by atoms with van der Waals surface area (Å²) in [6, 6.07) is 9.10. The summed E-state index contributed by atoms with van der Waals surface area (Å²) in [5.74, 6) is 3.26. The molecule has 1 N–H and O–H groups in total. The quantitative estimate of drug-likeness (QED) is 0.850. The number of benzene rings is 1. The van der Waals surface area contributed by atoms with Gasteiger partial charge in [0.25, 0.3) is 0 Å². The summed E-state index contributed by atoms with van der Waals surface area (Å²) in [5, 5.41) is 3.52. The molecule has 0 saturated carbocycles. The Bertz CT molecular complexity index is 306. The van der Waals surface area contributed by atoms with E-state index in [2.05, 4.69) is 17.4 Å². The minimum absolute atomic E-state index is 0.739. The second-order valence-electron chi connectivity index (χ2n) is 4.16. The maximum absolute atomic E-state index is 5.14. The maximum atomic E-state index is 5.14. The van der Waals surface area contributed by atoms with Crippen LogP contribution in [0.4, 0.5) is 0 Å². The molecule has 1 heterocycles. The standard InChI is InChI=1S/C13H19NOS/c1-15-13-6-4-11(5-7-13)9-16-10-12-3-2-8-14-12/h4-7,12,14H,2-3,8-10H2,1H3/t12-/m0/s1. The van der Waals surface area contributed by atoms with Crippen molar-refractivity contribution in [3.05, 3.63) is 29.8 Å². The lowest BCUT2D eigenvalue weighted by Crippen LogP contribution is -2.23. The van der Waals surface area contributed by atoms with Gasteiger partial charge in [-0.15, -0.1) is 0 Å². The van der Waals surface area contributed by atoms with Gasteiger partial charge in [0.2, 0.25) is 0 Å². The molecule has 1 aromatic carbocycles. The fourth-order valence-corrected chi connectivity index (χ4v) is 3.05. The van der Waals surface area contributed by atoms with Crippen molar-refractivity contribution in [2.75, 3.05) is 19.4 Å². The first-order chi connectivity index (χ1) is 7.88. The second kappa shape index (κ2) is 6.16. The molecule has 1 aliphatic rings. The molecule has 3 heteroatoms. The first-order valence-electron chi connectivity index (χ1n) is 5.82. The molecule has 1 fully saturated rings. The predicted octanol–water partition coefficient (Wildman–Crippen LogP) is 2.68. The SMILES string of the molecule is COc1ccc(CSC[C@@H]2CCCN2)cc1. The Hall–Kier alpha value is -0.670. The van der Waals surface area contributed by atoms with E-state index in [1.807, 2.05) is 23.9 Å². The summed E-state index contributed by atoms with van der Waals surface area (Å²) >= 11 is 2.01. The lowest BCUT2D eigenvalue weighted by molar-refractivity contribution is 0.414. The van der Waals surface area contributed by atoms with Gasteiger partial charge in [-0.1, -0.05) is 12.1 Å². The van der Waals surface area contributed by atoms with Gasteiger partial charge in [0, 0.05) is 17.5 Å². The van der Waals surface area contributed by atoms with Crippen LogP contribution in [0.2, 0.25) is 0 Å². The van der Waals surface area contributed by atoms with E-state index < -0.39 is 0 Å². The van der Waals surface area contributed by atoms with E-state index in [1.54, 1.807) is 7.11 Å². The third-order valence-corrected chi connectivity index (χ3v) is 4.08. The number of ether oxygens (including phenoxy) is 1. The Balaban J connectivity index is 1.71. The van der Waals surface area contributed by atoms with E-state index in [0.717, 1.165) is 17.5 Å². The van der Waals surface area contributed by atoms with E-state index >= 15 is 0 Å². The highest BCUT2D eigenvalue weighted by molar-refractivity contribution is 7.98. The van der Waals surface area contributed by atoms with Crippen LogP contribution in [0.1, 0.15) is 18.4 Å². The largest absolute Gasteiger partial charge is 0.497 e. The molecule has 1 saturated heterocycles. The second-order valence-corrected chi connectivity index (χ2v) is 5.19. The number of thioether (sulfide) groups is 1. The van der Waals surface area contributed by atoms with Gasteiger partial charge in [-0.25, -0.2) is 0 Å². The van der Waals surface area contributed by atoms with Gasteiger partial charge in [0.05, 0.1) is 7.11 Å². The first-order valence-corrected chi connectivity index (χ1v) is 6.98. The van der Waals surface area contributed by atoms with Crippen LogP contribution in [0.5, 0.6) is 5.75 Å². The smallest absolute Gasteiger partial charge is 0.118 e. The lowest BCUT2D eigenvalue weighted by atomic mass is 10.2. The Morgan fingerprint density at radius 1 is 1.38 bits per heavy atom. The Morgan fingerprint density at radius 3 is 2.81 bits per heavy atom. The zero-order valence-corrected chi connectivity index (χ0v) is 10.6. The van der Waals surface area contributed by atoms with E-state index in [0.29, 0.717) is 0 Å². The highest BCUT2D eigenvalue weighted by atomic mass is 32.2. The van der Waals surface area contributed by atoms with Gasteiger partial charge in [0.15, 0.2) is 0 Å². The molecule has 16 heavy (non-hydrogen) atoms. The molecule has 1 atom stereocenters. The van der Waals surface area contributed by atoms with Crippen LogP contribution in [-0.4, -0.2) is 25.4 Å². The highest BCUT2D eigenvalue weighted by Crippen LogP contribution is 2.19. The van der Waals surface area contributed by atoms with Gasteiger partial charge >= 0.3 is 0 Å². The van der Waals surface area contributed by atoms with Crippen molar-refractivity contribution in [3.63, 3.8) is 0 Å². The molecule has 0 aliphatic carbocycles. The van der Waals surface area contributed by atoms with Gasteiger partial charge in [-0.3, -0.25) is 0 Å². The van der Waals surface area contributed by atoms with Crippen molar-refractivity contribution in [1.29, 1.82) is 0 Å². The Morgan fingerprint density at radius 2 is 2.19 bits per heavy atom. The van der Waals surface area contributed by atoms with E-state index in [9.17, 15) is 0 Å². The summed E-state index contributed by atoms with van der Waals surface area (Å²) in [6.45, 7) is 1.20. The molecule has 0 aromatic heterocycles. The normalized spacial score (nSPS) is 19.9. The molecule has 0 unspecified atom stereocenters. The summed E-state index contributed by atoms with van der Waals surface area (Å²) < 4.78 is 5.14. The average Bonchev–Trinajstić information content (AvgIpc) is 2.83. The predicted molar refractivity (Wildman–Crippen MR) is 70.2 cm³/mol. The van der Waals surface area contributed by atoms with E-state index in [-0.39, 0.29) is 0 Å².